The number of amides is 1. The van der Waals surface area contributed by atoms with Gasteiger partial charge in [0, 0.05) is 6.54 Å². The molecule has 1 aliphatic heterocycles. The molecular weight excluding hydrogens is 458 g/mol. The SMILES string of the molecule is Cc1cc([C@H](Nc2c(Nc3c(F)ccc4c3C(=O)NC4)c(=O)c2=O)C(C)(C)C(F)(F)F)oc1C. The van der Waals surface area contributed by atoms with Gasteiger partial charge in [-0.05, 0) is 51.0 Å². The van der Waals surface area contributed by atoms with Gasteiger partial charge in [0.1, 0.15) is 28.7 Å². The van der Waals surface area contributed by atoms with Gasteiger partial charge in [-0.1, -0.05) is 6.07 Å². The van der Waals surface area contributed by atoms with E-state index in [0.717, 1.165) is 19.9 Å². The molecular formula is C23H21F4N3O4. The van der Waals surface area contributed by atoms with E-state index in [1.807, 2.05) is 0 Å². The normalized spacial score (nSPS) is 14.8. The highest BCUT2D eigenvalue weighted by atomic mass is 19.4. The molecule has 0 saturated heterocycles. The lowest BCUT2D eigenvalue weighted by Gasteiger charge is -2.36. The quantitative estimate of drug-likeness (QED) is 0.359. The summed E-state index contributed by atoms with van der Waals surface area (Å²) in [5.41, 5.74) is -4.72. The second kappa shape index (κ2) is 7.71. The van der Waals surface area contributed by atoms with Crippen LogP contribution in [0.2, 0.25) is 0 Å². The zero-order valence-corrected chi connectivity index (χ0v) is 18.7. The molecule has 0 fully saturated rings. The molecule has 3 N–H and O–H groups in total. The molecule has 0 radical (unpaired) electrons. The summed E-state index contributed by atoms with van der Waals surface area (Å²) in [6.45, 7) is 5.27. The number of fused-ring (bicyclic) bond motifs is 1. The molecule has 1 aliphatic rings. The van der Waals surface area contributed by atoms with E-state index in [9.17, 15) is 31.9 Å². The van der Waals surface area contributed by atoms with E-state index in [0.29, 0.717) is 16.9 Å². The van der Waals surface area contributed by atoms with Crippen LogP contribution >= 0.6 is 0 Å². The minimum Gasteiger partial charge on any atom is -0.464 e. The molecule has 1 aromatic heterocycles. The van der Waals surface area contributed by atoms with Gasteiger partial charge in [0.15, 0.2) is 0 Å². The monoisotopic (exact) mass is 479 g/mol. The topological polar surface area (TPSA) is 100 Å². The van der Waals surface area contributed by atoms with Crippen molar-refractivity contribution in [2.24, 2.45) is 5.41 Å². The molecule has 0 unspecified atom stereocenters. The van der Waals surface area contributed by atoms with Crippen molar-refractivity contribution in [3.05, 3.63) is 72.7 Å². The minimum atomic E-state index is -4.71. The van der Waals surface area contributed by atoms with E-state index in [2.05, 4.69) is 16.0 Å². The summed E-state index contributed by atoms with van der Waals surface area (Å²) in [4.78, 5) is 36.8. The van der Waals surface area contributed by atoms with Crippen LogP contribution in [0.25, 0.3) is 0 Å². The number of carbonyl (C=O) groups excluding carboxylic acids is 1. The van der Waals surface area contributed by atoms with E-state index >= 15 is 0 Å². The van der Waals surface area contributed by atoms with Crippen molar-refractivity contribution in [3.8, 4) is 0 Å². The maximum Gasteiger partial charge on any atom is 0.396 e. The lowest BCUT2D eigenvalue weighted by molar-refractivity contribution is -0.218. The number of nitrogens with one attached hydrogen (secondary N) is 3. The Morgan fingerprint density at radius 3 is 2.26 bits per heavy atom. The second-order valence-electron chi connectivity index (χ2n) is 8.86. The van der Waals surface area contributed by atoms with Gasteiger partial charge in [-0.25, -0.2) is 4.39 Å². The average molecular weight is 479 g/mol. The number of furan rings is 1. The molecule has 0 spiro atoms. The number of alkyl halides is 3. The Bertz CT molecular complexity index is 1360. The van der Waals surface area contributed by atoms with Gasteiger partial charge in [-0.3, -0.25) is 14.4 Å². The van der Waals surface area contributed by atoms with Crippen molar-refractivity contribution < 1.29 is 26.8 Å². The summed E-state index contributed by atoms with van der Waals surface area (Å²) in [5, 5.41) is 7.51. The Balaban J connectivity index is 1.78. The van der Waals surface area contributed by atoms with Crippen LogP contribution in [0, 0.1) is 25.1 Å². The first-order valence-electron chi connectivity index (χ1n) is 10.3. The molecule has 0 bridgehead atoms. The van der Waals surface area contributed by atoms with Crippen LogP contribution in [0.4, 0.5) is 34.6 Å². The maximum absolute atomic E-state index is 14.6. The van der Waals surface area contributed by atoms with Crippen LogP contribution in [0.1, 0.15) is 52.9 Å². The van der Waals surface area contributed by atoms with E-state index in [1.54, 1.807) is 13.8 Å². The summed E-state index contributed by atoms with van der Waals surface area (Å²) in [6.07, 6.45) is -4.71. The van der Waals surface area contributed by atoms with E-state index in [4.69, 9.17) is 4.42 Å². The molecule has 7 nitrogen and oxygen atoms in total. The Kier molecular flexibility index (Phi) is 5.34. The van der Waals surface area contributed by atoms with Crippen LogP contribution in [0.5, 0.6) is 0 Å². The van der Waals surface area contributed by atoms with Crippen molar-refractivity contribution >= 4 is 23.0 Å². The summed E-state index contributed by atoms with van der Waals surface area (Å²) in [7, 11) is 0. The van der Waals surface area contributed by atoms with Gasteiger partial charge in [0.05, 0.1) is 22.7 Å². The zero-order valence-electron chi connectivity index (χ0n) is 18.7. The Hall–Kier alpha value is -3.63. The predicted molar refractivity (Wildman–Crippen MR) is 117 cm³/mol. The average Bonchev–Trinajstić information content (AvgIpc) is 3.29. The standard InChI is InChI=1S/C23H21F4N3O4/c1-9-7-13(34-10(9)2)20(22(3,4)23(25,26)27)30-17-16(18(31)19(17)32)29-15-12(24)6-5-11-8-28-21(33)14(11)15/h5-7,20,29-30H,8H2,1-4H3,(H,28,33)/t20-/m0/s1. The highest BCUT2D eigenvalue weighted by molar-refractivity contribution is 6.04. The highest BCUT2D eigenvalue weighted by Crippen LogP contribution is 2.49. The molecule has 3 aromatic rings. The summed E-state index contributed by atoms with van der Waals surface area (Å²) in [5.74, 6) is -1.12. The number of aryl methyl sites for hydroxylation is 2. The van der Waals surface area contributed by atoms with Gasteiger partial charge < -0.3 is 20.4 Å². The smallest absolute Gasteiger partial charge is 0.396 e. The van der Waals surface area contributed by atoms with Crippen molar-refractivity contribution in [2.45, 2.75) is 46.5 Å². The molecule has 0 saturated carbocycles. The second-order valence-corrected chi connectivity index (χ2v) is 8.86. The fraction of sp³-hybridized carbons (Fsp3) is 0.348. The molecule has 4 rings (SSSR count). The van der Waals surface area contributed by atoms with Crippen LogP contribution in [-0.2, 0) is 6.54 Å². The van der Waals surface area contributed by atoms with Crippen molar-refractivity contribution in [1.82, 2.24) is 5.32 Å². The predicted octanol–water partition coefficient (Wildman–Crippen LogP) is 4.36. The number of rotatable bonds is 6. The number of anilines is 3. The molecule has 2 heterocycles. The number of benzene rings is 1. The number of carbonyl (C=O) groups is 1. The van der Waals surface area contributed by atoms with E-state index in [1.165, 1.54) is 12.1 Å². The Labute approximate surface area is 190 Å². The van der Waals surface area contributed by atoms with Gasteiger partial charge in [0.2, 0.25) is 0 Å². The fourth-order valence-corrected chi connectivity index (χ4v) is 3.85. The van der Waals surface area contributed by atoms with E-state index in [-0.39, 0.29) is 23.6 Å². The summed E-state index contributed by atoms with van der Waals surface area (Å²) in [6, 6.07) is 2.33. The summed E-state index contributed by atoms with van der Waals surface area (Å²) < 4.78 is 61.9. The molecule has 0 aliphatic carbocycles. The van der Waals surface area contributed by atoms with Gasteiger partial charge in [0.25, 0.3) is 16.8 Å². The fourth-order valence-electron chi connectivity index (χ4n) is 3.85. The lowest BCUT2D eigenvalue weighted by Crippen LogP contribution is -2.44. The first kappa shape index (κ1) is 23.5. The van der Waals surface area contributed by atoms with Crippen molar-refractivity contribution in [1.29, 1.82) is 0 Å². The largest absolute Gasteiger partial charge is 0.464 e. The zero-order chi connectivity index (χ0) is 25.2. The van der Waals surface area contributed by atoms with E-state index < -0.39 is 51.6 Å². The lowest BCUT2D eigenvalue weighted by atomic mass is 9.81. The molecule has 1 amide bonds. The van der Waals surface area contributed by atoms with Gasteiger partial charge in [-0.15, -0.1) is 0 Å². The molecule has 1 atom stereocenters. The summed E-state index contributed by atoms with van der Waals surface area (Å²) >= 11 is 0. The molecule has 34 heavy (non-hydrogen) atoms. The first-order valence-corrected chi connectivity index (χ1v) is 10.3. The first-order chi connectivity index (χ1) is 15.7. The number of hydrogen-bond acceptors (Lipinski definition) is 6. The van der Waals surface area contributed by atoms with Crippen LogP contribution in [0.3, 0.4) is 0 Å². The minimum absolute atomic E-state index is 0.0385. The Morgan fingerprint density at radius 1 is 1.03 bits per heavy atom. The highest BCUT2D eigenvalue weighted by Gasteiger charge is 2.54. The van der Waals surface area contributed by atoms with Crippen LogP contribution in [-0.4, -0.2) is 12.1 Å². The van der Waals surface area contributed by atoms with Crippen LogP contribution < -0.4 is 26.8 Å². The van der Waals surface area contributed by atoms with Gasteiger partial charge >= 0.3 is 6.18 Å². The van der Waals surface area contributed by atoms with Gasteiger partial charge in [-0.2, -0.15) is 13.2 Å². The maximum atomic E-state index is 14.6. The Morgan fingerprint density at radius 2 is 1.68 bits per heavy atom. The molecule has 180 valence electrons. The third-order valence-corrected chi connectivity index (χ3v) is 6.28. The molecule has 11 heteroatoms. The van der Waals surface area contributed by atoms with Crippen molar-refractivity contribution in [3.63, 3.8) is 0 Å². The molecule has 2 aromatic carbocycles. The third-order valence-electron chi connectivity index (χ3n) is 6.28. The third kappa shape index (κ3) is 3.55. The van der Waals surface area contributed by atoms with Crippen molar-refractivity contribution in [2.75, 3.05) is 10.6 Å². The van der Waals surface area contributed by atoms with Crippen LogP contribution in [0.15, 0.2) is 32.2 Å². The number of halogens is 4. The number of hydrogen-bond donors (Lipinski definition) is 3.